The first-order valence-electron chi connectivity index (χ1n) is 4.67. The van der Waals surface area contributed by atoms with Crippen molar-refractivity contribution in [3.63, 3.8) is 0 Å². The van der Waals surface area contributed by atoms with Crippen molar-refractivity contribution in [2.45, 2.75) is 17.0 Å². The van der Waals surface area contributed by atoms with E-state index in [1.165, 1.54) is 36.0 Å². The minimum absolute atomic E-state index is 0.0769. The molecule has 0 aliphatic heterocycles. The molecular weight excluding hydrogens is 255 g/mol. The molecule has 0 aromatic heterocycles. The maximum absolute atomic E-state index is 12.6. The van der Waals surface area contributed by atoms with Crippen molar-refractivity contribution < 1.29 is 18.1 Å². The van der Waals surface area contributed by atoms with Gasteiger partial charge in [0.05, 0.1) is 0 Å². The standard InChI is InChI=1S/C10H10F3NO2S/c1-17-8-4-2-7(3-5-8)9(6-14(15)16)10(11,12)13/h2-5,9H,6H2,1H3/t9-/m0/s1. The topological polar surface area (TPSA) is 43.1 Å². The summed E-state index contributed by atoms with van der Waals surface area (Å²) in [6, 6.07) is 5.62. The summed E-state index contributed by atoms with van der Waals surface area (Å²) in [5.74, 6) is -2.05. The molecule has 94 valence electrons. The summed E-state index contributed by atoms with van der Waals surface area (Å²) >= 11 is 1.40. The van der Waals surface area contributed by atoms with E-state index in [9.17, 15) is 23.3 Å². The van der Waals surface area contributed by atoms with Gasteiger partial charge in [0.25, 0.3) is 0 Å². The second-order valence-electron chi connectivity index (χ2n) is 3.38. The number of rotatable bonds is 4. The van der Waals surface area contributed by atoms with Crippen molar-refractivity contribution in [2.24, 2.45) is 0 Å². The third-order valence-electron chi connectivity index (χ3n) is 2.24. The first-order valence-corrected chi connectivity index (χ1v) is 5.89. The Labute approximate surface area is 100 Å². The molecule has 0 spiro atoms. The number of alkyl halides is 3. The van der Waals surface area contributed by atoms with Crippen molar-refractivity contribution >= 4 is 11.8 Å². The molecule has 1 atom stereocenters. The van der Waals surface area contributed by atoms with Gasteiger partial charge in [-0.1, -0.05) is 12.1 Å². The molecule has 17 heavy (non-hydrogen) atoms. The molecule has 1 aromatic carbocycles. The van der Waals surface area contributed by atoms with Gasteiger partial charge in [-0.05, 0) is 24.0 Å². The highest BCUT2D eigenvalue weighted by atomic mass is 32.2. The van der Waals surface area contributed by atoms with Crippen LogP contribution in [0.15, 0.2) is 29.2 Å². The lowest BCUT2D eigenvalue weighted by atomic mass is 9.99. The molecule has 1 rings (SSSR count). The van der Waals surface area contributed by atoms with E-state index in [-0.39, 0.29) is 5.56 Å². The predicted molar refractivity (Wildman–Crippen MR) is 58.9 cm³/mol. The molecule has 0 radical (unpaired) electrons. The highest BCUT2D eigenvalue weighted by molar-refractivity contribution is 7.98. The fourth-order valence-corrected chi connectivity index (χ4v) is 1.79. The van der Waals surface area contributed by atoms with Crippen LogP contribution in [-0.2, 0) is 0 Å². The summed E-state index contributed by atoms with van der Waals surface area (Å²) in [5, 5.41) is 10.3. The first kappa shape index (κ1) is 13.8. The molecule has 0 unspecified atom stereocenters. The molecule has 0 aliphatic rings. The number of hydrogen-bond donors (Lipinski definition) is 0. The number of nitrogens with zero attached hydrogens (tertiary/aromatic N) is 1. The molecule has 0 aliphatic carbocycles. The molecule has 0 saturated carbocycles. The largest absolute Gasteiger partial charge is 0.402 e. The van der Waals surface area contributed by atoms with Gasteiger partial charge in [0.1, 0.15) is 5.92 Å². The average molecular weight is 265 g/mol. The van der Waals surface area contributed by atoms with E-state index < -0.39 is 23.6 Å². The summed E-state index contributed by atoms with van der Waals surface area (Å²) < 4.78 is 37.9. The van der Waals surface area contributed by atoms with Crippen LogP contribution in [0.2, 0.25) is 0 Å². The van der Waals surface area contributed by atoms with Gasteiger partial charge in [0, 0.05) is 9.82 Å². The number of benzene rings is 1. The van der Waals surface area contributed by atoms with Gasteiger partial charge in [-0.2, -0.15) is 13.2 Å². The zero-order chi connectivity index (χ0) is 13.1. The van der Waals surface area contributed by atoms with Crippen molar-refractivity contribution in [3.8, 4) is 0 Å². The van der Waals surface area contributed by atoms with Gasteiger partial charge in [0.2, 0.25) is 6.54 Å². The van der Waals surface area contributed by atoms with E-state index in [0.717, 1.165) is 4.90 Å². The van der Waals surface area contributed by atoms with Crippen molar-refractivity contribution in [1.29, 1.82) is 0 Å². The Kier molecular flexibility index (Phi) is 4.39. The smallest absolute Gasteiger partial charge is 0.265 e. The number of hydrogen-bond acceptors (Lipinski definition) is 3. The molecule has 3 nitrogen and oxygen atoms in total. The summed E-state index contributed by atoms with van der Waals surface area (Å²) in [5.41, 5.74) is -0.0769. The van der Waals surface area contributed by atoms with E-state index in [0.29, 0.717) is 0 Å². The minimum atomic E-state index is -4.60. The molecule has 0 heterocycles. The summed E-state index contributed by atoms with van der Waals surface area (Å²) in [6.07, 6.45) is -2.80. The van der Waals surface area contributed by atoms with Gasteiger partial charge in [-0.25, -0.2) is 0 Å². The van der Waals surface area contributed by atoms with E-state index in [1.54, 1.807) is 6.26 Å². The van der Waals surface area contributed by atoms with Gasteiger partial charge >= 0.3 is 6.18 Å². The highest BCUT2D eigenvalue weighted by Crippen LogP contribution is 2.35. The fourth-order valence-electron chi connectivity index (χ4n) is 1.38. The van der Waals surface area contributed by atoms with Gasteiger partial charge < -0.3 is 0 Å². The van der Waals surface area contributed by atoms with Crippen molar-refractivity contribution in [3.05, 3.63) is 39.9 Å². The molecule has 0 fully saturated rings. The second kappa shape index (κ2) is 5.39. The van der Waals surface area contributed by atoms with E-state index in [2.05, 4.69) is 0 Å². The van der Waals surface area contributed by atoms with Crippen molar-refractivity contribution in [1.82, 2.24) is 0 Å². The van der Waals surface area contributed by atoms with Crippen LogP contribution >= 0.6 is 11.8 Å². The fraction of sp³-hybridized carbons (Fsp3) is 0.400. The van der Waals surface area contributed by atoms with Gasteiger partial charge in [-0.3, -0.25) is 10.1 Å². The molecule has 0 amide bonds. The average Bonchev–Trinajstić information content (AvgIpc) is 2.24. The zero-order valence-electron chi connectivity index (χ0n) is 8.90. The van der Waals surface area contributed by atoms with Crippen LogP contribution in [0.5, 0.6) is 0 Å². The zero-order valence-corrected chi connectivity index (χ0v) is 9.72. The van der Waals surface area contributed by atoms with Crippen LogP contribution in [0.1, 0.15) is 11.5 Å². The second-order valence-corrected chi connectivity index (χ2v) is 4.26. The lowest BCUT2D eigenvalue weighted by Gasteiger charge is -2.17. The lowest BCUT2D eigenvalue weighted by Crippen LogP contribution is -2.27. The molecular formula is C10H10F3NO2S. The Morgan fingerprint density at radius 1 is 1.35 bits per heavy atom. The molecule has 0 saturated heterocycles. The Morgan fingerprint density at radius 2 is 1.88 bits per heavy atom. The Balaban J connectivity index is 3.00. The van der Waals surface area contributed by atoms with Crippen LogP contribution in [0, 0.1) is 10.1 Å². The third-order valence-corrected chi connectivity index (χ3v) is 2.99. The maximum atomic E-state index is 12.6. The maximum Gasteiger partial charge on any atom is 0.402 e. The number of halogens is 3. The lowest BCUT2D eigenvalue weighted by molar-refractivity contribution is -0.490. The Bertz CT molecular complexity index is 392. The summed E-state index contributed by atoms with van der Waals surface area (Å²) in [7, 11) is 0. The minimum Gasteiger partial charge on any atom is -0.265 e. The molecule has 1 aromatic rings. The summed E-state index contributed by atoms with van der Waals surface area (Å²) in [4.78, 5) is 10.1. The predicted octanol–water partition coefficient (Wildman–Crippen LogP) is 3.33. The number of thioether (sulfide) groups is 1. The quantitative estimate of drug-likeness (QED) is 0.476. The van der Waals surface area contributed by atoms with Gasteiger partial charge in [-0.15, -0.1) is 11.8 Å². The van der Waals surface area contributed by atoms with E-state index in [1.807, 2.05) is 0 Å². The van der Waals surface area contributed by atoms with Crippen LogP contribution in [0.25, 0.3) is 0 Å². The van der Waals surface area contributed by atoms with Crippen LogP contribution < -0.4 is 0 Å². The SMILES string of the molecule is CSc1ccc([C@H](C[N+](=O)[O-])C(F)(F)F)cc1. The van der Waals surface area contributed by atoms with Crippen LogP contribution in [-0.4, -0.2) is 23.9 Å². The van der Waals surface area contributed by atoms with Gasteiger partial charge in [0.15, 0.2) is 0 Å². The monoisotopic (exact) mass is 265 g/mol. The van der Waals surface area contributed by atoms with Crippen LogP contribution in [0.4, 0.5) is 13.2 Å². The Morgan fingerprint density at radius 3 is 2.24 bits per heavy atom. The third kappa shape index (κ3) is 3.92. The molecule has 0 bridgehead atoms. The highest BCUT2D eigenvalue weighted by Gasteiger charge is 2.44. The summed E-state index contributed by atoms with van der Waals surface area (Å²) in [6.45, 7) is -1.14. The number of nitro groups is 1. The molecule has 7 heteroatoms. The normalized spacial score (nSPS) is 13.4. The van der Waals surface area contributed by atoms with Crippen LogP contribution in [0.3, 0.4) is 0 Å². The molecule has 0 N–H and O–H groups in total. The first-order chi connectivity index (χ1) is 7.84. The van der Waals surface area contributed by atoms with E-state index >= 15 is 0 Å². The van der Waals surface area contributed by atoms with E-state index in [4.69, 9.17) is 0 Å². The Hall–Kier alpha value is -1.24. The van der Waals surface area contributed by atoms with Crippen molar-refractivity contribution in [2.75, 3.05) is 12.8 Å².